The summed E-state index contributed by atoms with van der Waals surface area (Å²) in [6, 6.07) is 5.73. The molecule has 1 aromatic carbocycles. The van der Waals surface area contributed by atoms with Crippen LogP contribution in [0.15, 0.2) is 18.2 Å². The van der Waals surface area contributed by atoms with Gasteiger partial charge in [0.15, 0.2) is 0 Å². The lowest BCUT2D eigenvalue weighted by Crippen LogP contribution is -2.12. The van der Waals surface area contributed by atoms with Crippen molar-refractivity contribution in [2.75, 3.05) is 13.2 Å². The van der Waals surface area contributed by atoms with Gasteiger partial charge in [0, 0.05) is 6.54 Å². The minimum atomic E-state index is 0.560. The zero-order chi connectivity index (χ0) is 11.1. The Hall–Kier alpha value is -1.17. The number of hydrogen-bond acceptors (Lipinski definition) is 2. The van der Waals surface area contributed by atoms with E-state index < -0.39 is 0 Å². The van der Waals surface area contributed by atoms with Crippen LogP contribution in [0.25, 0.3) is 0 Å². The third kappa shape index (κ3) is 3.83. The van der Waals surface area contributed by atoms with Gasteiger partial charge in [-0.15, -0.1) is 6.42 Å². The third-order valence-corrected chi connectivity index (χ3v) is 2.15. The summed E-state index contributed by atoms with van der Waals surface area (Å²) in [5, 5.41) is 3.73. The number of hydrogen-bond donors (Lipinski definition) is 1. The topological polar surface area (TPSA) is 21.3 Å². The Morgan fingerprint density at radius 2 is 2.33 bits per heavy atom. The fourth-order valence-electron chi connectivity index (χ4n) is 1.21. The molecule has 0 saturated carbocycles. The Morgan fingerprint density at radius 3 is 2.93 bits per heavy atom. The lowest BCUT2D eigenvalue weighted by atomic mass is 10.2. The van der Waals surface area contributed by atoms with Crippen molar-refractivity contribution in [1.82, 2.24) is 5.32 Å². The predicted molar refractivity (Wildman–Crippen MR) is 63.2 cm³/mol. The third-order valence-electron chi connectivity index (χ3n) is 1.85. The summed E-state index contributed by atoms with van der Waals surface area (Å²) in [6.45, 7) is 3.83. The van der Waals surface area contributed by atoms with E-state index in [1.165, 1.54) is 0 Å². The molecular formula is C12H14ClNO. The Balaban J connectivity index is 2.61. The van der Waals surface area contributed by atoms with E-state index in [-0.39, 0.29) is 0 Å². The zero-order valence-corrected chi connectivity index (χ0v) is 9.47. The normalized spacial score (nSPS) is 9.67. The smallest absolute Gasteiger partial charge is 0.137 e. The van der Waals surface area contributed by atoms with Gasteiger partial charge in [-0.2, -0.15) is 0 Å². The van der Waals surface area contributed by atoms with Crippen LogP contribution in [-0.2, 0) is 6.54 Å². The molecule has 0 aliphatic heterocycles. The molecule has 15 heavy (non-hydrogen) atoms. The first kappa shape index (κ1) is 11.9. The quantitative estimate of drug-likeness (QED) is 0.612. The highest BCUT2D eigenvalue weighted by Crippen LogP contribution is 2.25. The molecule has 0 aliphatic carbocycles. The monoisotopic (exact) mass is 223 g/mol. The molecule has 0 heterocycles. The summed E-state index contributed by atoms with van der Waals surface area (Å²) >= 11 is 6.03. The minimum Gasteiger partial charge on any atom is -0.492 e. The fourth-order valence-corrected chi connectivity index (χ4v) is 1.46. The fraction of sp³-hybridized carbons (Fsp3) is 0.333. The molecule has 0 aliphatic rings. The second kappa shape index (κ2) is 6.34. The van der Waals surface area contributed by atoms with Crippen LogP contribution in [0.4, 0.5) is 0 Å². The van der Waals surface area contributed by atoms with Crippen molar-refractivity contribution in [3.05, 3.63) is 28.8 Å². The van der Waals surface area contributed by atoms with Crippen molar-refractivity contribution in [3.63, 3.8) is 0 Å². The molecule has 0 radical (unpaired) electrons. The van der Waals surface area contributed by atoms with Crippen LogP contribution in [0.1, 0.15) is 12.5 Å². The van der Waals surface area contributed by atoms with Gasteiger partial charge in [0.25, 0.3) is 0 Å². The molecule has 1 N–H and O–H groups in total. The van der Waals surface area contributed by atoms with Gasteiger partial charge in [0.1, 0.15) is 5.75 Å². The first-order chi connectivity index (χ1) is 7.27. The molecule has 1 rings (SSSR count). The van der Waals surface area contributed by atoms with E-state index in [4.69, 9.17) is 22.8 Å². The largest absolute Gasteiger partial charge is 0.492 e. The summed E-state index contributed by atoms with van der Waals surface area (Å²) < 4.78 is 5.33. The van der Waals surface area contributed by atoms with Crippen molar-refractivity contribution in [2.24, 2.45) is 0 Å². The van der Waals surface area contributed by atoms with Crippen LogP contribution in [0, 0.1) is 12.3 Å². The molecule has 0 saturated heterocycles. The van der Waals surface area contributed by atoms with Crippen LogP contribution >= 0.6 is 11.6 Å². The SMILES string of the molecule is C#CCNCc1ccc(OCC)c(Cl)c1. The van der Waals surface area contributed by atoms with Gasteiger partial charge in [0.05, 0.1) is 18.2 Å². The van der Waals surface area contributed by atoms with Crippen LogP contribution in [-0.4, -0.2) is 13.2 Å². The highest BCUT2D eigenvalue weighted by molar-refractivity contribution is 6.32. The molecule has 1 aromatic rings. The zero-order valence-electron chi connectivity index (χ0n) is 8.72. The Bertz CT molecular complexity index is 357. The lowest BCUT2D eigenvalue weighted by Gasteiger charge is -2.07. The summed E-state index contributed by atoms with van der Waals surface area (Å²) in [4.78, 5) is 0. The summed E-state index contributed by atoms with van der Waals surface area (Å²) in [5.74, 6) is 3.24. The van der Waals surface area contributed by atoms with E-state index in [0.717, 1.165) is 17.9 Å². The van der Waals surface area contributed by atoms with Gasteiger partial charge in [-0.3, -0.25) is 0 Å². The predicted octanol–water partition coefficient (Wildman–Crippen LogP) is 2.46. The summed E-state index contributed by atoms with van der Waals surface area (Å²) in [6.07, 6.45) is 5.13. The van der Waals surface area contributed by atoms with Crippen molar-refractivity contribution >= 4 is 11.6 Å². The maximum atomic E-state index is 6.03. The molecular weight excluding hydrogens is 210 g/mol. The van der Waals surface area contributed by atoms with E-state index in [2.05, 4.69) is 11.2 Å². The van der Waals surface area contributed by atoms with E-state index >= 15 is 0 Å². The van der Waals surface area contributed by atoms with E-state index in [1.54, 1.807) is 0 Å². The maximum absolute atomic E-state index is 6.03. The van der Waals surface area contributed by atoms with Gasteiger partial charge in [-0.05, 0) is 24.6 Å². The van der Waals surface area contributed by atoms with Gasteiger partial charge >= 0.3 is 0 Å². The molecule has 80 valence electrons. The lowest BCUT2D eigenvalue weighted by molar-refractivity contribution is 0.340. The van der Waals surface area contributed by atoms with Gasteiger partial charge in [-0.25, -0.2) is 0 Å². The van der Waals surface area contributed by atoms with Gasteiger partial charge in [-0.1, -0.05) is 23.6 Å². The van der Waals surface area contributed by atoms with E-state index in [1.807, 2.05) is 25.1 Å². The van der Waals surface area contributed by atoms with Crippen molar-refractivity contribution in [3.8, 4) is 18.1 Å². The number of halogens is 1. The highest BCUT2D eigenvalue weighted by Gasteiger charge is 2.01. The number of benzene rings is 1. The van der Waals surface area contributed by atoms with Crippen molar-refractivity contribution < 1.29 is 4.74 Å². The average Bonchev–Trinajstić information content (AvgIpc) is 2.23. The van der Waals surface area contributed by atoms with Gasteiger partial charge in [0.2, 0.25) is 0 Å². The average molecular weight is 224 g/mol. The summed E-state index contributed by atoms with van der Waals surface area (Å²) in [7, 11) is 0. The Morgan fingerprint density at radius 1 is 1.53 bits per heavy atom. The number of terminal acetylenes is 1. The van der Waals surface area contributed by atoms with Gasteiger partial charge < -0.3 is 10.1 Å². The van der Waals surface area contributed by atoms with E-state index in [9.17, 15) is 0 Å². The summed E-state index contributed by atoms with van der Waals surface area (Å²) in [5.41, 5.74) is 1.10. The first-order valence-electron chi connectivity index (χ1n) is 4.83. The highest BCUT2D eigenvalue weighted by atomic mass is 35.5. The van der Waals surface area contributed by atoms with Crippen molar-refractivity contribution in [1.29, 1.82) is 0 Å². The maximum Gasteiger partial charge on any atom is 0.137 e. The molecule has 0 amide bonds. The van der Waals surface area contributed by atoms with Crippen LogP contribution in [0.3, 0.4) is 0 Å². The Kier molecular flexibility index (Phi) is 5.03. The molecule has 2 nitrogen and oxygen atoms in total. The molecule has 3 heteroatoms. The molecule has 0 atom stereocenters. The van der Waals surface area contributed by atoms with Crippen molar-refractivity contribution in [2.45, 2.75) is 13.5 Å². The molecule has 0 spiro atoms. The number of rotatable bonds is 5. The number of nitrogens with one attached hydrogen (secondary N) is 1. The molecule has 0 aromatic heterocycles. The van der Waals surface area contributed by atoms with Crippen LogP contribution in [0.5, 0.6) is 5.75 Å². The standard InChI is InChI=1S/C12H14ClNO/c1-3-7-14-9-10-5-6-12(15-4-2)11(13)8-10/h1,5-6,8,14H,4,7,9H2,2H3. The first-order valence-corrected chi connectivity index (χ1v) is 5.21. The van der Waals surface area contributed by atoms with E-state index in [0.29, 0.717) is 18.2 Å². The minimum absolute atomic E-state index is 0.560. The second-order valence-corrected chi connectivity index (χ2v) is 3.41. The second-order valence-electron chi connectivity index (χ2n) is 3.01. The Labute approximate surface area is 95.6 Å². The molecule has 0 fully saturated rings. The number of ether oxygens (including phenoxy) is 1. The molecule has 0 bridgehead atoms. The molecule has 0 unspecified atom stereocenters. The van der Waals surface area contributed by atoms with Crippen LogP contribution < -0.4 is 10.1 Å². The van der Waals surface area contributed by atoms with Crippen LogP contribution in [0.2, 0.25) is 5.02 Å².